The summed E-state index contributed by atoms with van der Waals surface area (Å²) in [7, 11) is 2.99. The molecule has 2 rings (SSSR count). The molecule has 0 N–H and O–H groups in total. The molecule has 0 atom stereocenters. The molecule has 0 fully saturated rings. The van der Waals surface area contributed by atoms with E-state index < -0.39 is 5.97 Å². The number of esters is 1. The van der Waals surface area contributed by atoms with E-state index in [0.717, 1.165) is 12.2 Å². The maximum Gasteiger partial charge on any atom is 0.360 e. The fraction of sp³-hybridized carbons (Fsp3) is 0.286. The van der Waals surface area contributed by atoms with Gasteiger partial charge in [0.2, 0.25) is 0 Å². The molecular weight excluding hydrogens is 246 g/mol. The first-order valence-corrected chi connectivity index (χ1v) is 5.80. The van der Waals surface area contributed by atoms with Crippen LogP contribution in [0.25, 0.3) is 11.3 Å². The zero-order chi connectivity index (χ0) is 14.1. The highest BCUT2D eigenvalue weighted by atomic mass is 16.5. The predicted octanol–water partition coefficient (Wildman–Crippen LogP) is 2.78. The molecule has 1 aromatic carbocycles. The normalized spacial score (nSPS) is 9.42. The Bertz CT molecular complexity index is 491. The number of oxazole rings is 1. The van der Waals surface area contributed by atoms with E-state index in [4.69, 9.17) is 4.42 Å². The lowest BCUT2D eigenvalue weighted by Gasteiger charge is -1.98. The van der Waals surface area contributed by atoms with Crippen LogP contribution >= 0.6 is 0 Å². The fourth-order valence-electron chi connectivity index (χ4n) is 1.28. The second-order valence-corrected chi connectivity index (χ2v) is 3.47. The third-order valence-electron chi connectivity index (χ3n) is 2.27. The van der Waals surface area contributed by atoms with Crippen molar-refractivity contribution >= 4 is 5.97 Å². The van der Waals surface area contributed by atoms with Gasteiger partial charge in [-0.1, -0.05) is 30.3 Å². The molecule has 0 unspecified atom stereocenters. The molecule has 0 radical (unpaired) electrons. The van der Waals surface area contributed by atoms with Crippen molar-refractivity contribution in [2.45, 2.75) is 6.92 Å². The molecule has 1 heterocycles. The highest BCUT2D eigenvalue weighted by Gasteiger charge is 2.17. The van der Waals surface area contributed by atoms with Gasteiger partial charge in [-0.25, -0.2) is 9.78 Å². The van der Waals surface area contributed by atoms with Gasteiger partial charge >= 0.3 is 5.97 Å². The van der Waals surface area contributed by atoms with Gasteiger partial charge in [0, 0.05) is 19.3 Å². The Morgan fingerprint density at radius 2 is 1.89 bits per heavy atom. The summed E-state index contributed by atoms with van der Waals surface area (Å²) < 4.78 is 14.3. The largest absolute Gasteiger partial charge is 0.464 e. The number of carbonyl (C=O) groups is 1. The van der Waals surface area contributed by atoms with E-state index in [-0.39, 0.29) is 5.69 Å². The monoisotopic (exact) mass is 263 g/mol. The summed E-state index contributed by atoms with van der Waals surface area (Å²) in [5.74, 6) is -0.0648. The number of aromatic nitrogens is 1. The second-order valence-electron chi connectivity index (χ2n) is 3.47. The summed E-state index contributed by atoms with van der Waals surface area (Å²) in [6.45, 7) is 2.78. The Morgan fingerprint density at radius 3 is 2.42 bits per heavy atom. The molecule has 102 valence electrons. The Kier molecular flexibility index (Phi) is 6.32. The third-order valence-corrected chi connectivity index (χ3v) is 2.27. The standard InChI is InChI=1S/C11H9NO3.C3H8O/c1-14-11(13)9-10(15-7-12-9)8-5-3-2-4-6-8;1-3-4-2/h2-7H,1H3;3H2,1-2H3. The molecular formula is C14H17NO4. The first-order chi connectivity index (χ1) is 9.24. The maximum absolute atomic E-state index is 11.3. The van der Waals surface area contributed by atoms with E-state index in [1.54, 1.807) is 7.11 Å². The fourth-order valence-corrected chi connectivity index (χ4v) is 1.28. The molecule has 19 heavy (non-hydrogen) atoms. The molecule has 5 heteroatoms. The van der Waals surface area contributed by atoms with Crippen molar-refractivity contribution in [1.29, 1.82) is 0 Å². The van der Waals surface area contributed by atoms with E-state index in [1.807, 2.05) is 37.3 Å². The van der Waals surface area contributed by atoms with Crippen molar-refractivity contribution in [2.24, 2.45) is 0 Å². The van der Waals surface area contributed by atoms with E-state index in [0.29, 0.717) is 5.76 Å². The molecule has 2 aromatic rings. The Hall–Kier alpha value is -2.14. The van der Waals surface area contributed by atoms with Crippen LogP contribution in [0.4, 0.5) is 0 Å². The van der Waals surface area contributed by atoms with Crippen LogP contribution < -0.4 is 0 Å². The van der Waals surface area contributed by atoms with Gasteiger partial charge in [-0.2, -0.15) is 0 Å². The van der Waals surface area contributed by atoms with E-state index in [2.05, 4.69) is 14.5 Å². The van der Waals surface area contributed by atoms with Crippen molar-refractivity contribution in [3.05, 3.63) is 42.4 Å². The number of nitrogens with zero attached hydrogens (tertiary/aromatic N) is 1. The van der Waals surface area contributed by atoms with E-state index >= 15 is 0 Å². The Morgan fingerprint density at radius 1 is 1.26 bits per heavy atom. The Balaban J connectivity index is 0.000000399. The SMILES string of the molecule is CCOC.COC(=O)c1ncoc1-c1ccccc1. The van der Waals surface area contributed by atoms with Crippen LogP contribution in [-0.4, -0.2) is 31.8 Å². The minimum absolute atomic E-state index is 0.198. The molecule has 0 aliphatic heterocycles. The number of hydrogen-bond acceptors (Lipinski definition) is 5. The van der Waals surface area contributed by atoms with Crippen LogP contribution in [0, 0.1) is 0 Å². The van der Waals surface area contributed by atoms with E-state index in [9.17, 15) is 4.79 Å². The number of ether oxygens (including phenoxy) is 2. The van der Waals surface area contributed by atoms with Gasteiger partial charge in [0.25, 0.3) is 0 Å². The van der Waals surface area contributed by atoms with Gasteiger partial charge in [0.05, 0.1) is 7.11 Å². The number of hydrogen-bond donors (Lipinski definition) is 0. The molecule has 0 saturated carbocycles. The first-order valence-electron chi connectivity index (χ1n) is 5.80. The van der Waals surface area contributed by atoms with Crippen LogP contribution in [0.1, 0.15) is 17.4 Å². The zero-order valence-corrected chi connectivity index (χ0v) is 11.3. The topological polar surface area (TPSA) is 61.6 Å². The van der Waals surface area contributed by atoms with Crippen molar-refractivity contribution in [3.8, 4) is 11.3 Å². The number of benzene rings is 1. The number of rotatable bonds is 3. The van der Waals surface area contributed by atoms with Gasteiger partial charge in [0.15, 0.2) is 17.8 Å². The quantitative estimate of drug-likeness (QED) is 0.797. The lowest BCUT2D eigenvalue weighted by molar-refractivity contribution is 0.0595. The molecule has 1 aromatic heterocycles. The van der Waals surface area contributed by atoms with Crippen LogP contribution in [0.15, 0.2) is 41.1 Å². The van der Waals surface area contributed by atoms with Gasteiger partial charge < -0.3 is 13.9 Å². The summed E-state index contributed by atoms with van der Waals surface area (Å²) in [4.78, 5) is 15.1. The van der Waals surface area contributed by atoms with Gasteiger partial charge in [-0.3, -0.25) is 0 Å². The van der Waals surface area contributed by atoms with Crippen LogP contribution in [0.5, 0.6) is 0 Å². The molecule has 0 bridgehead atoms. The zero-order valence-electron chi connectivity index (χ0n) is 11.3. The molecule has 0 spiro atoms. The minimum atomic E-state index is -0.498. The number of methoxy groups -OCH3 is 2. The average molecular weight is 263 g/mol. The van der Waals surface area contributed by atoms with Crippen molar-refractivity contribution < 1.29 is 18.7 Å². The minimum Gasteiger partial charge on any atom is -0.464 e. The lowest BCUT2D eigenvalue weighted by atomic mass is 10.1. The van der Waals surface area contributed by atoms with Crippen LogP contribution in [-0.2, 0) is 9.47 Å². The molecule has 0 amide bonds. The third kappa shape index (κ3) is 4.22. The van der Waals surface area contributed by atoms with Gasteiger partial charge in [-0.05, 0) is 6.92 Å². The molecule has 0 aliphatic rings. The summed E-state index contributed by atoms with van der Waals surface area (Å²) in [6, 6.07) is 9.29. The summed E-state index contributed by atoms with van der Waals surface area (Å²) >= 11 is 0. The molecule has 0 aliphatic carbocycles. The van der Waals surface area contributed by atoms with Gasteiger partial charge in [-0.15, -0.1) is 0 Å². The number of carbonyl (C=O) groups excluding carboxylic acids is 1. The average Bonchev–Trinajstić information content (AvgIpc) is 2.97. The molecule has 5 nitrogen and oxygen atoms in total. The van der Waals surface area contributed by atoms with Crippen LogP contribution in [0.3, 0.4) is 0 Å². The van der Waals surface area contributed by atoms with Crippen LogP contribution in [0.2, 0.25) is 0 Å². The smallest absolute Gasteiger partial charge is 0.360 e. The van der Waals surface area contributed by atoms with Crippen molar-refractivity contribution in [3.63, 3.8) is 0 Å². The highest BCUT2D eigenvalue weighted by Crippen LogP contribution is 2.22. The van der Waals surface area contributed by atoms with E-state index in [1.165, 1.54) is 13.5 Å². The second kappa shape index (κ2) is 8.05. The summed E-state index contributed by atoms with van der Waals surface area (Å²) in [5.41, 5.74) is 0.999. The van der Waals surface area contributed by atoms with Crippen molar-refractivity contribution in [1.82, 2.24) is 4.98 Å². The van der Waals surface area contributed by atoms with Gasteiger partial charge in [0.1, 0.15) is 0 Å². The highest BCUT2D eigenvalue weighted by molar-refractivity contribution is 5.93. The molecule has 0 saturated heterocycles. The predicted molar refractivity (Wildman–Crippen MR) is 70.8 cm³/mol. The first kappa shape index (κ1) is 14.9. The summed E-state index contributed by atoms with van der Waals surface area (Å²) in [5, 5.41) is 0. The Labute approximate surface area is 112 Å². The maximum atomic E-state index is 11.3. The lowest BCUT2D eigenvalue weighted by Crippen LogP contribution is -2.02. The van der Waals surface area contributed by atoms with Crippen molar-refractivity contribution in [2.75, 3.05) is 20.8 Å². The summed E-state index contributed by atoms with van der Waals surface area (Å²) in [6.07, 6.45) is 1.23.